The third-order valence-electron chi connectivity index (χ3n) is 2.55. The number of carboxylic acids is 1. The normalized spacial score (nSPS) is 16.8. The highest BCUT2D eigenvalue weighted by molar-refractivity contribution is 5.73. The van der Waals surface area contributed by atoms with Crippen LogP contribution in [0.4, 0.5) is 5.95 Å². The van der Waals surface area contributed by atoms with Gasteiger partial charge in [0.15, 0.2) is 0 Å². The summed E-state index contributed by atoms with van der Waals surface area (Å²) in [6, 6.07) is 0. The van der Waals surface area contributed by atoms with Crippen LogP contribution in [-0.4, -0.2) is 33.7 Å². The Labute approximate surface area is 82.0 Å². The molecule has 0 aromatic carbocycles. The lowest BCUT2D eigenvalue weighted by Crippen LogP contribution is -2.51. The summed E-state index contributed by atoms with van der Waals surface area (Å²) >= 11 is 0. The first-order valence-corrected chi connectivity index (χ1v) is 4.71. The van der Waals surface area contributed by atoms with Crippen LogP contribution in [0.15, 0.2) is 12.4 Å². The highest BCUT2D eigenvalue weighted by Crippen LogP contribution is 2.22. The maximum absolute atomic E-state index is 10.6. The van der Waals surface area contributed by atoms with Gasteiger partial charge in [0.25, 0.3) is 0 Å². The summed E-state index contributed by atoms with van der Waals surface area (Å²) in [6.07, 6.45) is 3.65. The Morgan fingerprint density at radius 1 is 1.71 bits per heavy atom. The van der Waals surface area contributed by atoms with Crippen LogP contribution >= 0.6 is 0 Å². The maximum Gasteiger partial charge on any atom is 0.310 e. The fraction of sp³-hybridized carbons (Fsp3) is 0.556. The van der Waals surface area contributed by atoms with Crippen molar-refractivity contribution >= 4 is 11.9 Å². The molecule has 0 aliphatic carbocycles. The first-order valence-electron chi connectivity index (χ1n) is 4.71. The van der Waals surface area contributed by atoms with Gasteiger partial charge in [-0.1, -0.05) is 0 Å². The number of aliphatic carboxylic acids is 1. The van der Waals surface area contributed by atoms with Crippen molar-refractivity contribution in [3.8, 4) is 0 Å². The smallest absolute Gasteiger partial charge is 0.310 e. The molecule has 0 saturated carbocycles. The fourth-order valence-electron chi connectivity index (χ4n) is 1.63. The minimum atomic E-state index is -0.712. The van der Waals surface area contributed by atoms with E-state index in [2.05, 4.69) is 4.98 Å². The first kappa shape index (κ1) is 9.05. The van der Waals surface area contributed by atoms with Gasteiger partial charge in [-0.15, -0.1) is 0 Å². The summed E-state index contributed by atoms with van der Waals surface area (Å²) < 4.78 is 2.01. The standard InChI is InChI=1S/C9H13N3O2/c1-2-11-4-3-10-9(11)12-5-7(6-12)8(13)14/h3-4,7H,2,5-6H2,1H3,(H,13,14). The average molecular weight is 195 g/mol. The van der Waals surface area contributed by atoms with Crippen LogP contribution in [0.1, 0.15) is 6.92 Å². The van der Waals surface area contributed by atoms with Crippen molar-refractivity contribution < 1.29 is 9.90 Å². The van der Waals surface area contributed by atoms with Crippen molar-refractivity contribution in [3.05, 3.63) is 12.4 Å². The summed E-state index contributed by atoms with van der Waals surface area (Å²) in [4.78, 5) is 16.8. The molecule has 1 aromatic rings. The molecule has 2 heterocycles. The van der Waals surface area contributed by atoms with Gasteiger partial charge >= 0.3 is 5.97 Å². The topological polar surface area (TPSA) is 58.4 Å². The molecule has 14 heavy (non-hydrogen) atoms. The summed E-state index contributed by atoms with van der Waals surface area (Å²) in [7, 11) is 0. The molecule has 0 radical (unpaired) electrons. The molecule has 5 heteroatoms. The van der Waals surface area contributed by atoms with Crippen LogP contribution in [0.2, 0.25) is 0 Å². The van der Waals surface area contributed by atoms with Gasteiger partial charge in [-0.25, -0.2) is 4.98 Å². The first-order chi connectivity index (χ1) is 6.72. The Kier molecular flexibility index (Phi) is 2.15. The Hall–Kier alpha value is -1.52. The van der Waals surface area contributed by atoms with E-state index in [0.717, 1.165) is 12.5 Å². The number of aromatic nitrogens is 2. The fourth-order valence-corrected chi connectivity index (χ4v) is 1.63. The zero-order valence-corrected chi connectivity index (χ0v) is 8.05. The van der Waals surface area contributed by atoms with Crippen molar-refractivity contribution in [1.82, 2.24) is 9.55 Å². The number of imidazole rings is 1. The molecule has 0 bridgehead atoms. The predicted molar refractivity (Wildman–Crippen MR) is 51.2 cm³/mol. The number of aryl methyl sites for hydroxylation is 1. The van der Waals surface area contributed by atoms with Gasteiger partial charge in [0.1, 0.15) is 0 Å². The van der Waals surface area contributed by atoms with E-state index in [1.54, 1.807) is 6.20 Å². The molecule has 0 amide bonds. The van der Waals surface area contributed by atoms with Crippen LogP contribution in [-0.2, 0) is 11.3 Å². The second kappa shape index (κ2) is 3.32. The molecule has 0 unspecified atom stereocenters. The SMILES string of the molecule is CCn1ccnc1N1CC(C(=O)O)C1. The number of hydrogen-bond donors (Lipinski definition) is 1. The molecule has 1 aromatic heterocycles. The molecule has 1 aliphatic heterocycles. The minimum Gasteiger partial charge on any atom is -0.481 e. The Morgan fingerprint density at radius 3 is 3.00 bits per heavy atom. The summed E-state index contributed by atoms with van der Waals surface area (Å²) in [6.45, 7) is 4.06. The molecule has 5 nitrogen and oxygen atoms in total. The van der Waals surface area contributed by atoms with Gasteiger partial charge in [-0.05, 0) is 6.92 Å². The summed E-state index contributed by atoms with van der Waals surface area (Å²) in [5, 5.41) is 8.72. The van der Waals surface area contributed by atoms with E-state index in [1.807, 2.05) is 22.6 Å². The van der Waals surface area contributed by atoms with Crippen molar-refractivity contribution in [2.24, 2.45) is 5.92 Å². The number of anilines is 1. The predicted octanol–water partition coefficient (Wildman–Crippen LogP) is 0.424. The van der Waals surface area contributed by atoms with Crippen LogP contribution in [0.25, 0.3) is 0 Å². The quantitative estimate of drug-likeness (QED) is 0.759. The van der Waals surface area contributed by atoms with E-state index < -0.39 is 5.97 Å². The van der Waals surface area contributed by atoms with Gasteiger partial charge in [0, 0.05) is 32.0 Å². The second-order valence-electron chi connectivity index (χ2n) is 3.45. The van der Waals surface area contributed by atoms with Gasteiger partial charge in [-0.3, -0.25) is 4.79 Å². The molecule has 0 atom stereocenters. The molecule has 76 valence electrons. The maximum atomic E-state index is 10.6. The van der Waals surface area contributed by atoms with Crippen molar-refractivity contribution in [1.29, 1.82) is 0 Å². The highest BCUT2D eigenvalue weighted by atomic mass is 16.4. The van der Waals surface area contributed by atoms with Gasteiger partial charge in [0.2, 0.25) is 5.95 Å². The Morgan fingerprint density at radius 2 is 2.43 bits per heavy atom. The lowest BCUT2D eigenvalue weighted by molar-refractivity contribution is -0.142. The van der Waals surface area contributed by atoms with E-state index in [-0.39, 0.29) is 5.92 Å². The second-order valence-corrected chi connectivity index (χ2v) is 3.45. The van der Waals surface area contributed by atoms with Crippen LogP contribution < -0.4 is 4.90 Å². The molecular formula is C9H13N3O2. The number of hydrogen-bond acceptors (Lipinski definition) is 3. The molecule has 2 rings (SSSR count). The number of nitrogens with zero attached hydrogens (tertiary/aromatic N) is 3. The Bertz CT molecular complexity index is 342. The van der Waals surface area contributed by atoms with Crippen LogP contribution in [0, 0.1) is 5.92 Å². The van der Waals surface area contributed by atoms with Crippen LogP contribution in [0.5, 0.6) is 0 Å². The van der Waals surface area contributed by atoms with Gasteiger partial charge < -0.3 is 14.6 Å². The zero-order valence-electron chi connectivity index (χ0n) is 8.05. The van der Waals surface area contributed by atoms with Gasteiger partial charge in [-0.2, -0.15) is 0 Å². The van der Waals surface area contributed by atoms with E-state index in [0.29, 0.717) is 13.1 Å². The monoisotopic (exact) mass is 195 g/mol. The highest BCUT2D eigenvalue weighted by Gasteiger charge is 2.34. The number of carbonyl (C=O) groups is 1. The lowest BCUT2D eigenvalue weighted by atomic mass is 10.0. The third-order valence-corrected chi connectivity index (χ3v) is 2.55. The number of rotatable bonds is 3. The summed E-state index contributed by atoms with van der Waals surface area (Å²) in [5.74, 6) is -0.0575. The molecule has 1 saturated heterocycles. The molecule has 0 spiro atoms. The van der Waals surface area contributed by atoms with Crippen molar-refractivity contribution in [2.45, 2.75) is 13.5 Å². The van der Waals surface area contributed by atoms with Gasteiger partial charge in [0.05, 0.1) is 5.92 Å². The number of carboxylic acid groups (broad SMARTS) is 1. The molecule has 1 N–H and O–H groups in total. The summed E-state index contributed by atoms with van der Waals surface area (Å²) in [5.41, 5.74) is 0. The van der Waals surface area contributed by atoms with E-state index in [4.69, 9.17) is 5.11 Å². The van der Waals surface area contributed by atoms with E-state index in [9.17, 15) is 4.79 Å². The van der Waals surface area contributed by atoms with E-state index in [1.165, 1.54) is 0 Å². The molecule has 1 aliphatic rings. The van der Waals surface area contributed by atoms with Crippen molar-refractivity contribution in [2.75, 3.05) is 18.0 Å². The third kappa shape index (κ3) is 1.34. The lowest BCUT2D eigenvalue weighted by Gasteiger charge is -2.37. The Balaban J connectivity index is 2.02. The molecule has 1 fully saturated rings. The average Bonchev–Trinajstić information content (AvgIpc) is 2.48. The largest absolute Gasteiger partial charge is 0.481 e. The zero-order chi connectivity index (χ0) is 10.1. The minimum absolute atomic E-state index is 0.225. The molecular weight excluding hydrogens is 182 g/mol. The van der Waals surface area contributed by atoms with Crippen molar-refractivity contribution in [3.63, 3.8) is 0 Å². The van der Waals surface area contributed by atoms with E-state index >= 15 is 0 Å². The van der Waals surface area contributed by atoms with Crippen LogP contribution in [0.3, 0.4) is 0 Å².